The van der Waals surface area contributed by atoms with Crippen LogP contribution in [0, 0.1) is 13.8 Å². The monoisotopic (exact) mass is 444 g/mol. The van der Waals surface area contributed by atoms with E-state index in [9.17, 15) is 9.59 Å². The number of benzene rings is 2. The van der Waals surface area contributed by atoms with Crippen LogP contribution >= 0.6 is 0 Å². The van der Waals surface area contributed by atoms with Gasteiger partial charge >= 0.3 is 5.97 Å². The van der Waals surface area contributed by atoms with Crippen molar-refractivity contribution in [2.75, 3.05) is 5.32 Å². The second kappa shape index (κ2) is 9.52. The van der Waals surface area contributed by atoms with E-state index in [0.29, 0.717) is 17.9 Å². The van der Waals surface area contributed by atoms with Crippen LogP contribution in [0.5, 0.6) is 0 Å². The average Bonchev–Trinajstić information content (AvgIpc) is 3.41. The summed E-state index contributed by atoms with van der Waals surface area (Å²) in [5.74, 6) is -0.967. The largest absolute Gasteiger partial charge is 0.449 e. The molecule has 0 radical (unpaired) electrons. The van der Waals surface area contributed by atoms with Gasteiger partial charge in [-0.15, -0.1) is 0 Å². The van der Waals surface area contributed by atoms with E-state index in [-0.39, 0.29) is 11.4 Å². The maximum atomic E-state index is 13.1. The van der Waals surface area contributed by atoms with E-state index in [0.717, 1.165) is 16.7 Å². The quantitative estimate of drug-likeness (QED) is 0.425. The molecule has 0 spiro atoms. The Morgan fingerprint density at radius 2 is 1.82 bits per heavy atom. The summed E-state index contributed by atoms with van der Waals surface area (Å²) in [6.07, 6.45) is 0.598. The van der Waals surface area contributed by atoms with Gasteiger partial charge < -0.3 is 9.26 Å². The zero-order chi connectivity index (χ0) is 23.4. The number of hydrogen-bond acceptors (Lipinski definition) is 6. The Bertz CT molecular complexity index is 1260. The first-order valence-corrected chi connectivity index (χ1v) is 10.5. The van der Waals surface area contributed by atoms with Crippen molar-refractivity contribution in [3.63, 3.8) is 0 Å². The fraction of sp³-hybridized carbons (Fsp3) is 0.200. The fourth-order valence-electron chi connectivity index (χ4n) is 3.27. The molecule has 168 valence electrons. The van der Waals surface area contributed by atoms with E-state index in [2.05, 4.69) is 15.6 Å². The molecule has 8 nitrogen and oxygen atoms in total. The van der Waals surface area contributed by atoms with Gasteiger partial charge in [-0.05, 0) is 26.3 Å². The second-order valence-electron chi connectivity index (χ2n) is 7.81. The predicted octanol–water partition coefficient (Wildman–Crippen LogP) is 4.39. The Balaban J connectivity index is 1.56. The third-order valence-corrected chi connectivity index (χ3v) is 5.02. The van der Waals surface area contributed by atoms with Gasteiger partial charge in [-0.25, -0.2) is 4.79 Å². The van der Waals surface area contributed by atoms with Gasteiger partial charge in [-0.1, -0.05) is 65.3 Å². The summed E-state index contributed by atoms with van der Waals surface area (Å²) in [5.41, 5.74) is 4.33. The van der Waals surface area contributed by atoms with Crippen LogP contribution in [0.1, 0.15) is 34.1 Å². The van der Waals surface area contributed by atoms with E-state index >= 15 is 0 Å². The summed E-state index contributed by atoms with van der Waals surface area (Å²) in [7, 11) is 0. The number of rotatable bonds is 7. The van der Waals surface area contributed by atoms with E-state index < -0.39 is 18.0 Å². The van der Waals surface area contributed by atoms with Gasteiger partial charge in [0.05, 0.1) is 12.2 Å². The van der Waals surface area contributed by atoms with Crippen molar-refractivity contribution in [1.29, 1.82) is 0 Å². The summed E-state index contributed by atoms with van der Waals surface area (Å²) >= 11 is 0. The maximum absolute atomic E-state index is 13.1. The summed E-state index contributed by atoms with van der Waals surface area (Å²) < 4.78 is 12.1. The lowest BCUT2D eigenvalue weighted by molar-refractivity contribution is -0.123. The molecule has 0 aliphatic carbocycles. The topological polar surface area (TPSA) is 99.2 Å². The first-order valence-electron chi connectivity index (χ1n) is 10.5. The minimum Gasteiger partial charge on any atom is -0.449 e. The first-order chi connectivity index (χ1) is 15.9. The first kappa shape index (κ1) is 22.0. The maximum Gasteiger partial charge on any atom is 0.342 e. The third kappa shape index (κ3) is 5.35. The van der Waals surface area contributed by atoms with Crippen molar-refractivity contribution < 1.29 is 18.8 Å². The SMILES string of the molecule is Cc1ccc(-c2nn(Cc3ccccc3)cc2C(=O)OC(C)C(=O)Nc2cc(C)no2)cc1. The number of carbonyl (C=O) groups is 2. The molecular formula is C25H24N4O4. The molecule has 0 aliphatic rings. The van der Waals surface area contributed by atoms with Crippen molar-refractivity contribution in [2.24, 2.45) is 0 Å². The Kier molecular flexibility index (Phi) is 6.35. The number of esters is 1. The highest BCUT2D eigenvalue weighted by Gasteiger charge is 2.25. The summed E-state index contributed by atoms with van der Waals surface area (Å²) in [4.78, 5) is 25.5. The molecule has 4 rings (SSSR count). The van der Waals surface area contributed by atoms with Gasteiger partial charge in [-0.2, -0.15) is 5.10 Å². The van der Waals surface area contributed by atoms with E-state index in [1.165, 1.54) is 6.92 Å². The van der Waals surface area contributed by atoms with Crippen LogP contribution in [0.2, 0.25) is 0 Å². The van der Waals surface area contributed by atoms with Crippen molar-refractivity contribution in [3.8, 4) is 11.3 Å². The Hall–Kier alpha value is -4.20. The molecule has 2 aromatic carbocycles. The number of hydrogen-bond donors (Lipinski definition) is 1. The molecule has 0 aliphatic heterocycles. The third-order valence-electron chi connectivity index (χ3n) is 5.02. The van der Waals surface area contributed by atoms with Gasteiger partial charge in [0.15, 0.2) is 6.10 Å². The van der Waals surface area contributed by atoms with E-state index in [1.54, 1.807) is 23.9 Å². The van der Waals surface area contributed by atoms with Crippen LogP contribution in [0.3, 0.4) is 0 Å². The summed E-state index contributed by atoms with van der Waals surface area (Å²) in [5, 5.41) is 10.9. The molecule has 4 aromatic rings. The van der Waals surface area contributed by atoms with Gasteiger partial charge in [0.25, 0.3) is 5.91 Å². The molecule has 0 saturated carbocycles. The lowest BCUT2D eigenvalue weighted by Gasteiger charge is -2.12. The standard InChI is InChI=1S/C25H24N4O4/c1-16-9-11-20(12-10-16)23-21(15-29(27-23)14-19-7-5-4-6-8-19)25(31)32-18(3)24(30)26-22-13-17(2)28-33-22/h4-13,15,18H,14H2,1-3H3,(H,26,30). The fourth-order valence-corrected chi connectivity index (χ4v) is 3.27. The number of aryl methyl sites for hydroxylation is 2. The minimum absolute atomic E-state index is 0.191. The number of nitrogens with zero attached hydrogens (tertiary/aromatic N) is 3. The Morgan fingerprint density at radius 3 is 2.48 bits per heavy atom. The van der Waals surface area contributed by atoms with Crippen molar-refractivity contribution >= 4 is 17.8 Å². The van der Waals surface area contributed by atoms with Gasteiger partial charge in [0, 0.05) is 17.8 Å². The zero-order valence-electron chi connectivity index (χ0n) is 18.6. The molecule has 0 fully saturated rings. The number of anilines is 1. The highest BCUT2D eigenvalue weighted by Crippen LogP contribution is 2.24. The molecule has 2 heterocycles. The van der Waals surface area contributed by atoms with Crippen molar-refractivity contribution in [3.05, 3.63) is 89.2 Å². The molecule has 1 unspecified atom stereocenters. The number of amides is 1. The zero-order valence-corrected chi connectivity index (χ0v) is 18.6. The molecule has 1 N–H and O–H groups in total. The number of nitrogens with one attached hydrogen (secondary N) is 1. The molecule has 1 amide bonds. The van der Waals surface area contributed by atoms with Crippen LogP contribution in [0.25, 0.3) is 11.3 Å². The van der Waals surface area contributed by atoms with E-state index in [1.807, 2.05) is 61.5 Å². The number of aromatic nitrogens is 3. The Labute approximate surface area is 191 Å². The molecule has 0 saturated heterocycles. The van der Waals surface area contributed by atoms with Crippen LogP contribution < -0.4 is 5.32 Å². The lowest BCUT2D eigenvalue weighted by atomic mass is 10.1. The van der Waals surface area contributed by atoms with Crippen molar-refractivity contribution in [2.45, 2.75) is 33.4 Å². The Morgan fingerprint density at radius 1 is 1.09 bits per heavy atom. The molecule has 0 bridgehead atoms. The van der Waals surface area contributed by atoms with Crippen LogP contribution in [-0.2, 0) is 16.1 Å². The molecule has 8 heteroatoms. The highest BCUT2D eigenvalue weighted by atomic mass is 16.5. The number of carbonyl (C=O) groups excluding carboxylic acids is 2. The summed E-state index contributed by atoms with van der Waals surface area (Å²) in [6.45, 7) is 5.72. The predicted molar refractivity (Wildman–Crippen MR) is 123 cm³/mol. The normalized spacial score (nSPS) is 11.7. The van der Waals surface area contributed by atoms with Crippen molar-refractivity contribution in [1.82, 2.24) is 14.9 Å². The molecular weight excluding hydrogens is 420 g/mol. The highest BCUT2D eigenvalue weighted by molar-refractivity contribution is 5.99. The van der Waals surface area contributed by atoms with Gasteiger partial charge in [-0.3, -0.25) is 14.8 Å². The average molecular weight is 444 g/mol. The second-order valence-corrected chi connectivity index (χ2v) is 7.81. The van der Waals surface area contributed by atoms with Crippen LogP contribution in [-0.4, -0.2) is 32.9 Å². The van der Waals surface area contributed by atoms with E-state index in [4.69, 9.17) is 9.26 Å². The smallest absolute Gasteiger partial charge is 0.342 e. The molecule has 33 heavy (non-hydrogen) atoms. The van der Waals surface area contributed by atoms with Gasteiger partial charge in [0.1, 0.15) is 11.3 Å². The molecule has 1 atom stereocenters. The molecule has 2 aromatic heterocycles. The van der Waals surface area contributed by atoms with Crippen LogP contribution in [0.4, 0.5) is 5.88 Å². The minimum atomic E-state index is -1.05. The summed E-state index contributed by atoms with van der Waals surface area (Å²) in [6, 6.07) is 19.1. The van der Waals surface area contributed by atoms with Gasteiger partial charge in [0.2, 0.25) is 5.88 Å². The van der Waals surface area contributed by atoms with Crippen LogP contribution in [0.15, 0.2) is 71.4 Å². The lowest BCUT2D eigenvalue weighted by Crippen LogP contribution is -2.29. The number of ether oxygens (including phenoxy) is 1.